The molecule has 3 heterocycles. The van der Waals surface area contributed by atoms with Gasteiger partial charge < -0.3 is 9.47 Å². The topological polar surface area (TPSA) is 94.9 Å². The van der Waals surface area contributed by atoms with Crippen molar-refractivity contribution in [2.24, 2.45) is 13.0 Å². The van der Waals surface area contributed by atoms with Gasteiger partial charge in [-0.25, -0.2) is 4.98 Å². The Balaban J connectivity index is 1.48. The fourth-order valence-electron chi connectivity index (χ4n) is 3.15. The van der Waals surface area contributed by atoms with Crippen molar-refractivity contribution in [2.75, 3.05) is 13.7 Å². The highest BCUT2D eigenvalue weighted by atomic mass is 16.5. The summed E-state index contributed by atoms with van der Waals surface area (Å²) in [6.07, 6.45) is 6.10. The maximum atomic E-state index is 12.1. The Bertz CT molecular complexity index is 1010. The van der Waals surface area contributed by atoms with Gasteiger partial charge in [0.25, 0.3) is 5.56 Å². The molecule has 0 saturated heterocycles. The first kappa shape index (κ1) is 17.3. The molecule has 1 aliphatic rings. The normalized spacial score (nSPS) is 18.3. The van der Waals surface area contributed by atoms with Crippen molar-refractivity contribution in [1.29, 1.82) is 0 Å². The number of hydrogen-bond donors (Lipinski definition) is 1. The summed E-state index contributed by atoms with van der Waals surface area (Å²) in [6.45, 7) is 2.32. The average molecular weight is 367 g/mol. The Labute approximate surface area is 156 Å². The number of aryl methyl sites for hydroxylation is 2. The van der Waals surface area contributed by atoms with E-state index in [1.807, 2.05) is 12.1 Å². The number of nitrogens with one attached hydrogen (secondary N) is 1. The molecule has 0 amide bonds. The van der Waals surface area contributed by atoms with E-state index in [1.165, 1.54) is 0 Å². The van der Waals surface area contributed by atoms with Crippen LogP contribution in [0.4, 0.5) is 0 Å². The molecular formula is C19H21N5O3. The van der Waals surface area contributed by atoms with Gasteiger partial charge in [-0.1, -0.05) is 0 Å². The first-order chi connectivity index (χ1) is 13.0. The van der Waals surface area contributed by atoms with Crippen LogP contribution in [0.2, 0.25) is 0 Å². The molecule has 3 aromatic rings. The van der Waals surface area contributed by atoms with Gasteiger partial charge in [0.05, 0.1) is 31.0 Å². The number of H-pyrrole nitrogens is 1. The average Bonchev–Trinajstić information content (AvgIpc) is 3.37. The van der Waals surface area contributed by atoms with Crippen LogP contribution in [0, 0.1) is 12.8 Å². The summed E-state index contributed by atoms with van der Waals surface area (Å²) < 4.78 is 12.7. The van der Waals surface area contributed by atoms with Gasteiger partial charge in [-0.2, -0.15) is 4.98 Å². The number of aromatic amines is 1. The van der Waals surface area contributed by atoms with E-state index in [-0.39, 0.29) is 5.56 Å². The molecule has 0 aliphatic heterocycles. The van der Waals surface area contributed by atoms with Gasteiger partial charge in [0.2, 0.25) is 5.88 Å². The summed E-state index contributed by atoms with van der Waals surface area (Å²) in [5.74, 6) is 2.55. The zero-order valence-electron chi connectivity index (χ0n) is 15.5. The number of hydrogen-bond acceptors (Lipinski definition) is 6. The van der Waals surface area contributed by atoms with E-state index in [0.717, 1.165) is 17.9 Å². The summed E-state index contributed by atoms with van der Waals surface area (Å²) in [5.41, 5.74) is 1.95. The van der Waals surface area contributed by atoms with E-state index in [9.17, 15) is 4.79 Å². The molecule has 27 heavy (non-hydrogen) atoms. The molecule has 4 rings (SSSR count). The van der Waals surface area contributed by atoms with Gasteiger partial charge in [0, 0.05) is 37.0 Å². The lowest BCUT2D eigenvalue weighted by molar-refractivity contribution is 0.285. The van der Waals surface area contributed by atoms with Crippen LogP contribution in [0.1, 0.15) is 23.9 Å². The Morgan fingerprint density at radius 2 is 2.11 bits per heavy atom. The molecule has 1 saturated carbocycles. The standard InChI is InChI=1S/C19H21N5O3/c1-11-20-8-15(16-9-24(2)23-18(16)25)19(22-11)27-10-12-6-14(12)17-5-4-13(26-3)7-21-17/h4-5,7-9,12,14H,6,10H2,1-3H3,(H,23,25). The van der Waals surface area contributed by atoms with Crippen LogP contribution in [-0.4, -0.2) is 38.4 Å². The third-order valence-electron chi connectivity index (χ3n) is 4.74. The van der Waals surface area contributed by atoms with Gasteiger partial charge in [-0.3, -0.25) is 19.6 Å². The van der Waals surface area contributed by atoms with Gasteiger partial charge in [0.1, 0.15) is 11.6 Å². The third kappa shape index (κ3) is 3.55. The molecule has 0 bridgehead atoms. The van der Waals surface area contributed by atoms with Crippen molar-refractivity contribution in [3.8, 4) is 22.8 Å². The Kier molecular flexibility index (Phi) is 4.39. The van der Waals surface area contributed by atoms with Crippen LogP contribution in [-0.2, 0) is 7.05 Å². The van der Waals surface area contributed by atoms with Gasteiger partial charge >= 0.3 is 0 Å². The molecule has 2 unspecified atom stereocenters. The lowest BCUT2D eigenvalue weighted by Crippen LogP contribution is -2.08. The number of nitrogens with zero attached hydrogens (tertiary/aromatic N) is 4. The van der Waals surface area contributed by atoms with E-state index in [2.05, 4.69) is 20.1 Å². The van der Waals surface area contributed by atoms with Crippen molar-refractivity contribution in [3.63, 3.8) is 0 Å². The molecule has 1 fully saturated rings. The zero-order valence-corrected chi connectivity index (χ0v) is 15.5. The minimum Gasteiger partial charge on any atom is -0.495 e. The number of ether oxygens (including phenoxy) is 2. The molecule has 2 atom stereocenters. The first-order valence-electron chi connectivity index (χ1n) is 8.77. The summed E-state index contributed by atoms with van der Waals surface area (Å²) in [5, 5.41) is 2.69. The predicted molar refractivity (Wildman–Crippen MR) is 98.9 cm³/mol. The van der Waals surface area contributed by atoms with E-state index in [0.29, 0.717) is 41.3 Å². The van der Waals surface area contributed by atoms with Gasteiger partial charge in [-0.05, 0) is 25.5 Å². The molecule has 8 nitrogen and oxygen atoms in total. The minimum atomic E-state index is -0.193. The van der Waals surface area contributed by atoms with Crippen molar-refractivity contribution >= 4 is 0 Å². The van der Waals surface area contributed by atoms with E-state index in [1.54, 1.807) is 44.4 Å². The van der Waals surface area contributed by atoms with Crippen LogP contribution in [0.5, 0.6) is 11.6 Å². The SMILES string of the molecule is COc1ccc(C2CC2COc2nc(C)ncc2-c2cn(C)[nH]c2=O)nc1. The molecule has 1 N–H and O–H groups in total. The number of rotatable bonds is 6. The van der Waals surface area contributed by atoms with Gasteiger partial charge in [-0.15, -0.1) is 0 Å². The Morgan fingerprint density at radius 1 is 1.26 bits per heavy atom. The Hall–Kier alpha value is -3.16. The molecule has 8 heteroatoms. The molecule has 140 valence electrons. The van der Waals surface area contributed by atoms with Crippen molar-refractivity contribution in [1.82, 2.24) is 24.7 Å². The summed E-state index contributed by atoms with van der Waals surface area (Å²) >= 11 is 0. The van der Waals surface area contributed by atoms with E-state index >= 15 is 0 Å². The monoisotopic (exact) mass is 367 g/mol. The maximum absolute atomic E-state index is 12.1. The molecule has 0 aromatic carbocycles. The van der Waals surface area contributed by atoms with Crippen molar-refractivity contribution < 1.29 is 9.47 Å². The molecule has 1 aliphatic carbocycles. The number of pyridine rings is 1. The second kappa shape index (κ2) is 6.86. The molecule has 0 spiro atoms. The van der Waals surface area contributed by atoms with E-state index in [4.69, 9.17) is 9.47 Å². The third-order valence-corrected chi connectivity index (χ3v) is 4.74. The van der Waals surface area contributed by atoms with Crippen LogP contribution in [0.25, 0.3) is 11.1 Å². The highest BCUT2D eigenvalue weighted by molar-refractivity contribution is 5.66. The first-order valence-corrected chi connectivity index (χ1v) is 8.77. The number of aromatic nitrogens is 5. The Morgan fingerprint density at radius 3 is 2.78 bits per heavy atom. The quantitative estimate of drug-likeness (QED) is 0.717. The summed E-state index contributed by atoms with van der Waals surface area (Å²) in [4.78, 5) is 25.2. The van der Waals surface area contributed by atoms with Crippen LogP contribution in [0.15, 0.2) is 35.5 Å². The fraction of sp³-hybridized carbons (Fsp3) is 0.368. The fourth-order valence-corrected chi connectivity index (χ4v) is 3.15. The van der Waals surface area contributed by atoms with Crippen LogP contribution in [0.3, 0.4) is 0 Å². The molecule has 0 radical (unpaired) electrons. The largest absolute Gasteiger partial charge is 0.495 e. The maximum Gasteiger partial charge on any atom is 0.272 e. The summed E-state index contributed by atoms with van der Waals surface area (Å²) in [7, 11) is 3.39. The highest BCUT2D eigenvalue weighted by Gasteiger charge is 2.40. The lowest BCUT2D eigenvalue weighted by Gasteiger charge is -2.09. The van der Waals surface area contributed by atoms with Crippen molar-refractivity contribution in [3.05, 3.63) is 52.6 Å². The number of methoxy groups -OCH3 is 1. The lowest BCUT2D eigenvalue weighted by atomic mass is 10.2. The highest BCUT2D eigenvalue weighted by Crippen LogP contribution is 2.47. The van der Waals surface area contributed by atoms with Gasteiger partial charge in [0.15, 0.2) is 0 Å². The van der Waals surface area contributed by atoms with Crippen LogP contribution >= 0.6 is 0 Å². The second-order valence-corrected chi connectivity index (χ2v) is 6.77. The zero-order chi connectivity index (χ0) is 19.0. The molecule has 3 aromatic heterocycles. The van der Waals surface area contributed by atoms with E-state index < -0.39 is 0 Å². The smallest absolute Gasteiger partial charge is 0.272 e. The van der Waals surface area contributed by atoms with Crippen molar-refractivity contribution in [2.45, 2.75) is 19.3 Å². The van der Waals surface area contributed by atoms with Crippen LogP contribution < -0.4 is 15.0 Å². The minimum absolute atomic E-state index is 0.193. The molecular weight excluding hydrogens is 346 g/mol. The summed E-state index contributed by atoms with van der Waals surface area (Å²) in [6, 6.07) is 3.92. The predicted octanol–water partition coefficient (Wildman–Crippen LogP) is 2.06. The second-order valence-electron chi connectivity index (χ2n) is 6.77.